The second-order valence-electron chi connectivity index (χ2n) is 5.65. The fraction of sp³-hybridized carbons (Fsp3) is 0.375. The lowest BCUT2D eigenvalue weighted by molar-refractivity contribution is 0.446. The van der Waals surface area contributed by atoms with Crippen LogP contribution in [-0.4, -0.2) is 19.6 Å². The number of hydrogen-bond donors (Lipinski definition) is 0. The van der Waals surface area contributed by atoms with Crippen LogP contribution in [0.15, 0.2) is 35.2 Å². The van der Waals surface area contributed by atoms with E-state index in [1.54, 1.807) is 6.26 Å². The van der Waals surface area contributed by atoms with Crippen LogP contribution in [0.2, 0.25) is 0 Å². The van der Waals surface area contributed by atoms with Crippen molar-refractivity contribution < 1.29 is 4.42 Å². The molecule has 0 bridgehead atoms. The van der Waals surface area contributed by atoms with Crippen LogP contribution in [0.5, 0.6) is 0 Å². The van der Waals surface area contributed by atoms with Gasteiger partial charge < -0.3 is 9.32 Å². The van der Waals surface area contributed by atoms with Crippen LogP contribution in [-0.2, 0) is 13.3 Å². The maximum atomic E-state index is 5.56. The van der Waals surface area contributed by atoms with Gasteiger partial charge in [0.2, 0.25) is 0 Å². The molecular formula is C16H21N5O. The first-order valence-corrected chi connectivity index (χ1v) is 7.32. The summed E-state index contributed by atoms with van der Waals surface area (Å²) in [5.41, 5.74) is 4.46. The fourth-order valence-electron chi connectivity index (χ4n) is 2.36. The van der Waals surface area contributed by atoms with Crippen molar-refractivity contribution in [2.24, 2.45) is 0 Å². The summed E-state index contributed by atoms with van der Waals surface area (Å²) < 4.78 is 9.41. The average molecular weight is 299 g/mol. The number of aryl methyl sites for hydroxylation is 4. The van der Waals surface area contributed by atoms with Gasteiger partial charge in [-0.2, -0.15) is 10.2 Å². The zero-order valence-corrected chi connectivity index (χ0v) is 13.4. The lowest BCUT2D eigenvalue weighted by atomic mass is 10.3. The highest BCUT2D eigenvalue weighted by atomic mass is 16.3. The standard InChI is InChI=1S/C16H21N5O/c1-12-8-20(17-14(12)3)10-19(16-6-5-7-22-16)11-21-9-13(2)15(4)18-21/h5-9H,10-11H2,1-4H3. The Labute approximate surface area is 130 Å². The van der Waals surface area contributed by atoms with Crippen molar-refractivity contribution >= 4 is 5.88 Å². The molecule has 0 aliphatic carbocycles. The van der Waals surface area contributed by atoms with Gasteiger partial charge in [-0.15, -0.1) is 0 Å². The highest BCUT2D eigenvalue weighted by Crippen LogP contribution is 2.17. The lowest BCUT2D eigenvalue weighted by Crippen LogP contribution is -2.29. The molecule has 0 saturated carbocycles. The largest absolute Gasteiger partial charge is 0.449 e. The minimum atomic E-state index is 0.611. The molecule has 0 aliphatic heterocycles. The smallest absolute Gasteiger partial charge is 0.198 e. The minimum absolute atomic E-state index is 0.611. The summed E-state index contributed by atoms with van der Waals surface area (Å²) in [7, 11) is 0. The molecule has 3 heterocycles. The summed E-state index contributed by atoms with van der Waals surface area (Å²) in [4.78, 5) is 2.09. The molecular weight excluding hydrogens is 278 g/mol. The molecule has 6 heteroatoms. The summed E-state index contributed by atoms with van der Waals surface area (Å²) in [6, 6.07) is 3.84. The highest BCUT2D eigenvalue weighted by molar-refractivity contribution is 5.32. The van der Waals surface area contributed by atoms with E-state index in [0.29, 0.717) is 13.3 Å². The third kappa shape index (κ3) is 2.90. The Morgan fingerprint density at radius 1 is 0.955 bits per heavy atom. The number of hydrogen-bond acceptors (Lipinski definition) is 4. The molecule has 3 rings (SSSR count). The van der Waals surface area contributed by atoms with Gasteiger partial charge in [-0.1, -0.05) is 0 Å². The van der Waals surface area contributed by atoms with E-state index >= 15 is 0 Å². The lowest BCUT2D eigenvalue weighted by Gasteiger charge is -2.21. The Balaban J connectivity index is 1.84. The molecule has 22 heavy (non-hydrogen) atoms. The van der Waals surface area contributed by atoms with Gasteiger partial charge in [-0.05, 0) is 44.9 Å². The average Bonchev–Trinajstić information content (AvgIpc) is 3.14. The molecule has 0 unspecified atom stereocenters. The van der Waals surface area contributed by atoms with E-state index in [4.69, 9.17) is 4.42 Å². The monoisotopic (exact) mass is 299 g/mol. The van der Waals surface area contributed by atoms with Crippen LogP contribution in [0.1, 0.15) is 22.5 Å². The number of aromatic nitrogens is 4. The van der Waals surface area contributed by atoms with Crippen molar-refractivity contribution in [2.75, 3.05) is 4.90 Å². The van der Waals surface area contributed by atoms with Gasteiger partial charge in [0.1, 0.15) is 13.3 Å². The van der Waals surface area contributed by atoms with Crippen LogP contribution < -0.4 is 4.90 Å². The number of anilines is 1. The molecule has 3 aromatic rings. The molecule has 0 amide bonds. The normalized spacial score (nSPS) is 11.1. The second-order valence-corrected chi connectivity index (χ2v) is 5.65. The first-order chi connectivity index (χ1) is 10.5. The fourth-order valence-corrected chi connectivity index (χ4v) is 2.36. The predicted octanol–water partition coefficient (Wildman–Crippen LogP) is 3.03. The van der Waals surface area contributed by atoms with Crippen molar-refractivity contribution in [3.63, 3.8) is 0 Å². The summed E-state index contributed by atoms with van der Waals surface area (Å²) >= 11 is 0. The van der Waals surface area contributed by atoms with E-state index in [1.165, 1.54) is 11.1 Å². The van der Waals surface area contributed by atoms with Crippen molar-refractivity contribution in [3.05, 3.63) is 53.3 Å². The zero-order valence-electron chi connectivity index (χ0n) is 13.4. The summed E-state index contributed by atoms with van der Waals surface area (Å²) in [5.74, 6) is 0.802. The van der Waals surface area contributed by atoms with Crippen molar-refractivity contribution in [3.8, 4) is 0 Å². The van der Waals surface area contributed by atoms with Crippen molar-refractivity contribution in [1.82, 2.24) is 19.6 Å². The molecule has 0 aliphatic rings. The maximum Gasteiger partial charge on any atom is 0.198 e. The Morgan fingerprint density at radius 2 is 1.50 bits per heavy atom. The zero-order chi connectivity index (χ0) is 15.7. The van der Waals surface area contributed by atoms with Crippen LogP contribution in [0, 0.1) is 27.7 Å². The van der Waals surface area contributed by atoms with E-state index in [-0.39, 0.29) is 0 Å². The highest BCUT2D eigenvalue weighted by Gasteiger charge is 2.13. The van der Waals surface area contributed by atoms with Gasteiger partial charge in [-0.25, -0.2) is 0 Å². The van der Waals surface area contributed by atoms with Gasteiger partial charge in [0.15, 0.2) is 5.88 Å². The van der Waals surface area contributed by atoms with E-state index < -0.39 is 0 Å². The second kappa shape index (κ2) is 5.71. The SMILES string of the molecule is Cc1cn(CN(Cn2cc(C)c(C)n2)c2ccco2)nc1C. The number of furan rings is 1. The molecule has 0 atom stereocenters. The van der Waals surface area contributed by atoms with Crippen molar-refractivity contribution in [1.29, 1.82) is 0 Å². The minimum Gasteiger partial charge on any atom is -0.449 e. The Bertz CT molecular complexity index is 666. The van der Waals surface area contributed by atoms with Crippen LogP contribution in [0.25, 0.3) is 0 Å². The van der Waals surface area contributed by atoms with Gasteiger partial charge in [0, 0.05) is 18.5 Å². The van der Waals surface area contributed by atoms with Gasteiger partial charge in [0.25, 0.3) is 0 Å². The first kappa shape index (κ1) is 14.4. The first-order valence-electron chi connectivity index (χ1n) is 7.32. The predicted molar refractivity (Wildman–Crippen MR) is 84.6 cm³/mol. The van der Waals surface area contributed by atoms with Gasteiger partial charge in [-0.3, -0.25) is 9.36 Å². The number of rotatable bonds is 5. The van der Waals surface area contributed by atoms with Crippen molar-refractivity contribution in [2.45, 2.75) is 41.0 Å². The molecule has 6 nitrogen and oxygen atoms in total. The van der Waals surface area contributed by atoms with E-state index in [2.05, 4.69) is 28.9 Å². The topological polar surface area (TPSA) is 52.0 Å². The third-order valence-corrected chi connectivity index (χ3v) is 3.83. The molecule has 0 spiro atoms. The summed E-state index contributed by atoms with van der Waals surface area (Å²) in [6.07, 6.45) is 5.78. The Kier molecular flexibility index (Phi) is 3.75. The molecule has 116 valence electrons. The van der Waals surface area contributed by atoms with Gasteiger partial charge >= 0.3 is 0 Å². The van der Waals surface area contributed by atoms with E-state index in [0.717, 1.165) is 17.3 Å². The van der Waals surface area contributed by atoms with Crippen LogP contribution >= 0.6 is 0 Å². The summed E-state index contributed by atoms with van der Waals surface area (Å²) in [5, 5.41) is 9.06. The quantitative estimate of drug-likeness (QED) is 0.726. The summed E-state index contributed by atoms with van der Waals surface area (Å²) in [6.45, 7) is 9.39. The van der Waals surface area contributed by atoms with E-state index in [9.17, 15) is 0 Å². The molecule has 0 fully saturated rings. The molecule has 0 N–H and O–H groups in total. The molecule has 0 radical (unpaired) electrons. The maximum absolute atomic E-state index is 5.56. The molecule has 3 aromatic heterocycles. The third-order valence-electron chi connectivity index (χ3n) is 3.83. The van der Waals surface area contributed by atoms with Crippen LogP contribution in [0.3, 0.4) is 0 Å². The van der Waals surface area contributed by atoms with Crippen LogP contribution in [0.4, 0.5) is 5.88 Å². The Morgan fingerprint density at radius 3 is 1.86 bits per heavy atom. The Hall–Kier alpha value is -2.50. The molecule has 0 aromatic carbocycles. The number of nitrogens with zero attached hydrogens (tertiary/aromatic N) is 5. The molecule has 0 saturated heterocycles. The van der Waals surface area contributed by atoms with Gasteiger partial charge in [0.05, 0.1) is 17.7 Å². The van der Waals surface area contributed by atoms with E-state index in [1.807, 2.05) is 47.7 Å².